The molecule has 2 heteroatoms. The second-order valence-electron chi connectivity index (χ2n) is 4.63. The maximum absolute atomic E-state index is 11.5. The fraction of sp³-hybridized carbons (Fsp3) is 0.462. The molecule has 0 spiro atoms. The molecule has 1 N–H and O–H groups in total. The van der Waals surface area contributed by atoms with Crippen molar-refractivity contribution >= 4 is 5.91 Å². The summed E-state index contributed by atoms with van der Waals surface area (Å²) in [6.07, 6.45) is 6.51. The van der Waals surface area contributed by atoms with E-state index in [1.54, 1.807) is 12.2 Å². The average molecular weight is 207 g/mol. The van der Waals surface area contributed by atoms with E-state index in [4.69, 9.17) is 0 Å². The SMILES string of the molecule is C=C/C=C\C(=O)NC(C)(C)C(C)(C)C=C. The Morgan fingerprint density at radius 3 is 2.13 bits per heavy atom. The zero-order valence-corrected chi connectivity index (χ0v) is 10.1. The third-order valence-corrected chi connectivity index (χ3v) is 2.94. The van der Waals surface area contributed by atoms with Gasteiger partial charge in [0.25, 0.3) is 0 Å². The van der Waals surface area contributed by atoms with Crippen molar-refractivity contribution in [1.29, 1.82) is 0 Å². The van der Waals surface area contributed by atoms with Gasteiger partial charge in [0.05, 0.1) is 0 Å². The van der Waals surface area contributed by atoms with Crippen LogP contribution < -0.4 is 5.32 Å². The first-order chi connectivity index (χ1) is 6.77. The van der Waals surface area contributed by atoms with Crippen molar-refractivity contribution in [1.82, 2.24) is 5.32 Å². The maximum Gasteiger partial charge on any atom is 0.244 e. The van der Waals surface area contributed by atoms with Gasteiger partial charge < -0.3 is 5.32 Å². The minimum Gasteiger partial charge on any atom is -0.347 e. The normalized spacial score (nSPS) is 12.5. The smallest absolute Gasteiger partial charge is 0.244 e. The van der Waals surface area contributed by atoms with E-state index >= 15 is 0 Å². The minimum absolute atomic E-state index is 0.116. The lowest BCUT2D eigenvalue weighted by atomic mass is 9.74. The van der Waals surface area contributed by atoms with Crippen LogP contribution in [0.25, 0.3) is 0 Å². The van der Waals surface area contributed by atoms with Gasteiger partial charge in [0.1, 0.15) is 0 Å². The fourth-order valence-corrected chi connectivity index (χ4v) is 0.921. The molecule has 0 radical (unpaired) electrons. The molecular weight excluding hydrogens is 186 g/mol. The van der Waals surface area contributed by atoms with Gasteiger partial charge in [0.15, 0.2) is 0 Å². The van der Waals surface area contributed by atoms with Crippen LogP contribution in [0.15, 0.2) is 37.5 Å². The van der Waals surface area contributed by atoms with Crippen LogP contribution in [0.3, 0.4) is 0 Å². The topological polar surface area (TPSA) is 29.1 Å². The molecule has 0 bridgehead atoms. The summed E-state index contributed by atoms with van der Waals surface area (Å²) in [6.45, 7) is 15.3. The second-order valence-corrected chi connectivity index (χ2v) is 4.63. The van der Waals surface area contributed by atoms with Gasteiger partial charge in [-0.05, 0) is 13.8 Å². The van der Waals surface area contributed by atoms with E-state index in [1.165, 1.54) is 6.08 Å². The molecule has 0 aliphatic heterocycles. The van der Waals surface area contributed by atoms with E-state index in [2.05, 4.69) is 18.5 Å². The number of allylic oxidation sites excluding steroid dienone is 2. The van der Waals surface area contributed by atoms with Gasteiger partial charge in [0, 0.05) is 17.0 Å². The highest BCUT2D eigenvalue weighted by Crippen LogP contribution is 2.31. The minimum atomic E-state index is -0.336. The number of amides is 1. The van der Waals surface area contributed by atoms with Gasteiger partial charge in [-0.1, -0.05) is 38.7 Å². The first-order valence-corrected chi connectivity index (χ1v) is 5.01. The molecule has 0 aromatic rings. The molecule has 0 aliphatic carbocycles. The molecule has 2 nitrogen and oxygen atoms in total. The molecular formula is C13H21NO. The van der Waals surface area contributed by atoms with Crippen LogP contribution in [0.1, 0.15) is 27.7 Å². The zero-order chi connectivity index (χ0) is 12.1. The molecule has 0 saturated heterocycles. The molecule has 0 aromatic heterocycles. The Labute approximate surface area is 92.8 Å². The monoisotopic (exact) mass is 207 g/mol. The van der Waals surface area contributed by atoms with Crippen molar-refractivity contribution in [2.75, 3.05) is 0 Å². The summed E-state index contributed by atoms with van der Waals surface area (Å²) in [4.78, 5) is 11.5. The lowest BCUT2D eigenvalue weighted by molar-refractivity contribution is -0.119. The van der Waals surface area contributed by atoms with Gasteiger partial charge in [0.2, 0.25) is 5.91 Å². The highest BCUT2D eigenvalue weighted by atomic mass is 16.1. The number of rotatable bonds is 5. The molecule has 84 valence electrons. The molecule has 0 rings (SSSR count). The highest BCUT2D eigenvalue weighted by molar-refractivity contribution is 5.88. The number of carbonyl (C=O) groups is 1. The lowest BCUT2D eigenvalue weighted by Crippen LogP contribution is -2.52. The first kappa shape index (κ1) is 13.7. The second kappa shape index (κ2) is 4.96. The van der Waals surface area contributed by atoms with E-state index in [1.807, 2.05) is 33.8 Å². The Morgan fingerprint density at radius 1 is 1.20 bits per heavy atom. The summed E-state index contributed by atoms with van der Waals surface area (Å²) < 4.78 is 0. The third kappa shape index (κ3) is 3.74. The predicted molar refractivity (Wildman–Crippen MR) is 65.5 cm³/mol. The molecule has 0 aliphatic rings. The number of hydrogen-bond acceptors (Lipinski definition) is 1. The Hall–Kier alpha value is -1.31. The van der Waals surface area contributed by atoms with E-state index in [-0.39, 0.29) is 16.9 Å². The summed E-state index contributed by atoms with van der Waals surface area (Å²) >= 11 is 0. The summed E-state index contributed by atoms with van der Waals surface area (Å²) in [5.41, 5.74) is -0.498. The summed E-state index contributed by atoms with van der Waals surface area (Å²) in [5.74, 6) is -0.116. The molecule has 0 unspecified atom stereocenters. The quantitative estimate of drug-likeness (QED) is 0.419. The first-order valence-electron chi connectivity index (χ1n) is 5.01. The van der Waals surface area contributed by atoms with E-state index in [9.17, 15) is 4.79 Å². The summed E-state index contributed by atoms with van der Waals surface area (Å²) in [6, 6.07) is 0. The Morgan fingerprint density at radius 2 is 1.73 bits per heavy atom. The van der Waals surface area contributed by atoms with Crippen LogP contribution in [0.5, 0.6) is 0 Å². The third-order valence-electron chi connectivity index (χ3n) is 2.94. The van der Waals surface area contributed by atoms with Crippen molar-refractivity contribution in [3.05, 3.63) is 37.5 Å². The highest BCUT2D eigenvalue weighted by Gasteiger charge is 2.35. The Bertz CT molecular complexity index is 285. The van der Waals surface area contributed by atoms with Gasteiger partial charge in [-0.25, -0.2) is 0 Å². The van der Waals surface area contributed by atoms with Crippen LogP contribution >= 0.6 is 0 Å². The maximum atomic E-state index is 11.5. The lowest BCUT2D eigenvalue weighted by Gasteiger charge is -2.39. The van der Waals surface area contributed by atoms with Crippen molar-refractivity contribution in [3.63, 3.8) is 0 Å². The summed E-state index contributed by atoms with van der Waals surface area (Å²) in [7, 11) is 0. The predicted octanol–water partition coefficient (Wildman–Crippen LogP) is 2.84. The number of hydrogen-bond donors (Lipinski definition) is 1. The molecule has 0 atom stereocenters. The van der Waals surface area contributed by atoms with E-state index in [0.717, 1.165) is 0 Å². The van der Waals surface area contributed by atoms with E-state index in [0.29, 0.717) is 0 Å². The van der Waals surface area contributed by atoms with Crippen molar-refractivity contribution in [3.8, 4) is 0 Å². The Balaban J connectivity index is 4.64. The molecule has 0 aromatic carbocycles. The van der Waals surface area contributed by atoms with E-state index < -0.39 is 0 Å². The fourth-order valence-electron chi connectivity index (χ4n) is 0.921. The molecule has 15 heavy (non-hydrogen) atoms. The summed E-state index contributed by atoms with van der Waals surface area (Å²) in [5, 5.41) is 2.94. The number of carbonyl (C=O) groups excluding carboxylic acids is 1. The van der Waals surface area contributed by atoms with Crippen LogP contribution in [0, 0.1) is 5.41 Å². The molecule has 0 heterocycles. The van der Waals surface area contributed by atoms with Crippen LogP contribution in [0.2, 0.25) is 0 Å². The van der Waals surface area contributed by atoms with Crippen LogP contribution in [-0.4, -0.2) is 11.4 Å². The van der Waals surface area contributed by atoms with Crippen molar-refractivity contribution in [2.45, 2.75) is 33.2 Å². The van der Waals surface area contributed by atoms with Gasteiger partial charge in [-0.3, -0.25) is 4.79 Å². The van der Waals surface area contributed by atoms with Crippen molar-refractivity contribution < 1.29 is 4.79 Å². The zero-order valence-electron chi connectivity index (χ0n) is 10.1. The van der Waals surface area contributed by atoms with Crippen LogP contribution in [-0.2, 0) is 4.79 Å². The van der Waals surface area contributed by atoms with Crippen molar-refractivity contribution in [2.24, 2.45) is 5.41 Å². The van der Waals surface area contributed by atoms with Gasteiger partial charge in [-0.15, -0.1) is 6.58 Å². The molecule has 0 fully saturated rings. The van der Waals surface area contributed by atoms with Gasteiger partial charge in [-0.2, -0.15) is 0 Å². The Kier molecular flexibility index (Phi) is 4.53. The molecule has 0 saturated carbocycles. The standard InChI is InChI=1S/C13H21NO/c1-7-9-10-11(15)14-13(5,6)12(3,4)8-2/h7-10H,1-2H2,3-6H3,(H,14,15)/b10-9-. The van der Waals surface area contributed by atoms with Gasteiger partial charge >= 0.3 is 0 Å². The number of nitrogens with one attached hydrogen (secondary N) is 1. The average Bonchev–Trinajstić information content (AvgIpc) is 2.13. The molecule has 1 amide bonds. The largest absolute Gasteiger partial charge is 0.347 e. The van der Waals surface area contributed by atoms with Crippen LogP contribution in [0.4, 0.5) is 0 Å².